The molecule has 0 amide bonds. The molecule has 4 heteroatoms. The van der Waals surface area contributed by atoms with E-state index in [2.05, 4.69) is 4.89 Å². The molecule has 0 saturated carbocycles. The van der Waals surface area contributed by atoms with Gasteiger partial charge >= 0.3 is 5.97 Å². The first-order valence-corrected chi connectivity index (χ1v) is 6.16. The number of ketones is 1. The van der Waals surface area contributed by atoms with Crippen molar-refractivity contribution in [3.63, 3.8) is 0 Å². The molecule has 0 bridgehead atoms. The molecule has 1 aromatic carbocycles. The Balaban J connectivity index is 2.42. The third-order valence-electron chi connectivity index (χ3n) is 3.10. The summed E-state index contributed by atoms with van der Waals surface area (Å²) in [6.07, 6.45) is 2.94. The van der Waals surface area contributed by atoms with Gasteiger partial charge in [0.05, 0.1) is 0 Å². The van der Waals surface area contributed by atoms with Crippen molar-refractivity contribution < 1.29 is 19.4 Å². The smallest absolute Gasteiger partial charge is 0.294 e. The molecule has 0 saturated heterocycles. The second-order valence-corrected chi connectivity index (χ2v) is 4.37. The maximum atomic E-state index is 11.8. The second-order valence-electron chi connectivity index (χ2n) is 4.37. The molecule has 0 unspecified atom stereocenters. The first kappa shape index (κ1) is 12.6. The predicted octanol–water partition coefficient (Wildman–Crippen LogP) is 2.62. The predicted molar refractivity (Wildman–Crippen MR) is 65.5 cm³/mol. The van der Waals surface area contributed by atoms with E-state index >= 15 is 0 Å². The lowest BCUT2D eigenvalue weighted by molar-refractivity contribution is -0.211. The van der Waals surface area contributed by atoms with E-state index in [-0.39, 0.29) is 5.78 Å². The summed E-state index contributed by atoms with van der Waals surface area (Å²) in [5.74, 6) is 0.168. The summed E-state index contributed by atoms with van der Waals surface area (Å²) in [5.41, 5.74) is 2.51. The van der Waals surface area contributed by atoms with Crippen molar-refractivity contribution in [1.82, 2.24) is 0 Å². The molecule has 0 spiro atoms. The van der Waals surface area contributed by atoms with Crippen LogP contribution >= 0.6 is 0 Å². The summed E-state index contributed by atoms with van der Waals surface area (Å²) < 4.78 is 0. The van der Waals surface area contributed by atoms with Gasteiger partial charge in [0.2, 0.25) is 0 Å². The van der Waals surface area contributed by atoms with Crippen LogP contribution in [0.2, 0.25) is 0 Å². The average molecular weight is 248 g/mol. The van der Waals surface area contributed by atoms with Gasteiger partial charge in [0.1, 0.15) is 0 Å². The van der Waals surface area contributed by atoms with Crippen LogP contribution in [0.5, 0.6) is 5.75 Å². The Morgan fingerprint density at radius 2 is 2.11 bits per heavy atom. The largest absolute Gasteiger partial charge is 0.352 e. The third kappa shape index (κ3) is 2.37. The Hall–Kier alpha value is -1.84. The van der Waals surface area contributed by atoms with Crippen molar-refractivity contribution in [2.45, 2.75) is 39.5 Å². The first-order chi connectivity index (χ1) is 8.63. The van der Waals surface area contributed by atoms with Crippen LogP contribution in [0, 0.1) is 0 Å². The van der Waals surface area contributed by atoms with Crippen LogP contribution in [-0.4, -0.2) is 11.8 Å². The molecule has 0 radical (unpaired) electrons. The fraction of sp³-hybridized carbons (Fsp3) is 0.429. The van der Waals surface area contributed by atoms with Crippen LogP contribution < -0.4 is 4.89 Å². The molecular formula is C14H16O4. The molecule has 0 N–H and O–H groups in total. The zero-order valence-electron chi connectivity index (χ0n) is 10.6. The standard InChI is InChI=1S/C14H16O4/c1-3-10-7-8-11-12(5-4-6-13(11)16)14(10)18-17-9(2)15/h7-8H,3-6H2,1-2H3. The number of benzene rings is 1. The minimum Gasteiger partial charge on any atom is -0.294 e. The van der Waals surface area contributed by atoms with Gasteiger partial charge in [0.25, 0.3) is 0 Å². The highest BCUT2D eigenvalue weighted by atomic mass is 17.2. The number of hydrogen-bond donors (Lipinski definition) is 0. The topological polar surface area (TPSA) is 52.6 Å². The second kappa shape index (κ2) is 5.21. The maximum Gasteiger partial charge on any atom is 0.352 e. The van der Waals surface area contributed by atoms with E-state index in [1.54, 1.807) is 0 Å². The van der Waals surface area contributed by atoms with Gasteiger partial charge < -0.3 is 0 Å². The maximum absolute atomic E-state index is 11.8. The molecule has 0 atom stereocenters. The van der Waals surface area contributed by atoms with Crippen LogP contribution in [0.4, 0.5) is 0 Å². The number of Topliss-reactive ketones (excluding diaryl/α,β-unsaturated/α-hetero) is 1. The zero-order chi connectivity index (χ0) is 13.1. The molecule has 2 rings (SSSR count). The highest BCUT2D eigenvalue weighted by Crippen LogP contribution is 2.33. The van der Waals surface area contributed by atoms with Crippen molar-refractivity contribution in [3.05, 3.63) is 28.8 Å². The van der Waals surface area contributed by atoms with Crippen molar-refractivity contribution in [2.75, 3.05) is 0 Å². The van der Waals surface area contributed by atoms with E-state index in [0.29, 0.717) is 17.7 Å². The van der Waals surface area contributed by atoms with Gasteiger partial charge in [0, 0.05) is 24.5 Å². The molecule has 0 heterocycles. The quantitative estimate of drug-likeness (QED) is 0.609. The SMILES string of the molecule is CCc1ccc2c(c1OOC(C)=O)CCCC2=O. The van der Waals surface area contributed by atoms with Crippen LogP contribution in [-0.2, 0) is 22.5 Å². The van der Waals surface area contributed by atoms with Crippen molar-refractivity contribution in [1.29, 1.82) is 0 Å². The van der Waals surface area contributed by atoms with Gasteiger partial charge in [-0.1, -0.05) is 19.1 Å². The lowest BCUT2D eigenvalue weighted by Crippen LogP contribution is -2.15. The van der Waals surface area contributed by atoms with E-state index in [0.717, 1.165) is 30.4 Å². The Morgan fingerprint density at radius 1 is 1.33 bits per heavy atom. The van der Waals surface area contributed by atoms with Gasteiger partial charge in [-0.2, -0.15) is 0 Å². The molecule has 96 valence electrons. The van der Waals surface area contributed by atoms with Crippen LogP contribution in [0.15, 0.2) is 12.1 Å². The minimum atomic E-state index is -0.503. The molecule has 0 aliphatic heterocycles. The molecule has 0 fully saturated rings. The Morgan fingerprint density at radius 3 is 2.78 bits per heavy atom. The summed E-state index contributed by atoms with van der Waals surface area (Å²) in [4.78, 5) is 32.4. The van der Waals surface area contributed by atoms with Crippen LogP contribution in [0.25, 0.3) is 0 Å². The number of aryl methyl sites for hydroxylation is 1. The highest BCUT2D eigenvalue weighted by Gasteiger charge is 2.23. The first-order valence-electron chi connectivity index (χ1n) is 6.16. The molecular weight excluding hydrogens is 232 g/mol. The lowest BCUT2D eigenvalue weighted by Gasteiger charge is -2.19. The fourth-order valence-electron chi connectivity index (χ4n) is 2.23. The summed E-state index contributed by atoms with van der Waals surface area (Å²) >= 11 is 0. The average Bonchev–Trinajstić information content (AvgIpc) is 2.36. The number of hydrogen-bond acceptors (Lipinski definition) is 4. The Kier molecular flexibility index (Phi) is 3.65. The molecule has 1 aromatic rings. The number of fused-ring (bicyclic) bond motifs is 1. The molecule has 1 aliphatic rings. The molecule has 0 aromatic heterocycles. The summed E-state index contributed by atoms with van der Waals surface area (Å²) in [6, 6.07) is 3.71. The van der Waals surface area contributed by atoms with Crippen molar-refractivity contribution >= 4 is 11.8 Å². The van der Waals surface area contributed by atoms with Gasteiger partial charge in [-0.05, 0) is 24.8 Å². The van der Waals surface area contributed by atoms with Crippen LogP contribution in [0.1, 0.15) is 48.2 Å². The molecule has 1 aliphatic carbocycles. The summed E-state index contributed by atoms with van der Waals surface area (Å²) in [7, 11) is 0. The van der Waals surface area contributed by atoms with E-state index in [1.165, 1.54) is 6.92 Å². The lowest BCUT2D eigenvalue weighted by atomic mass is 9.88. The minimum absolute atomic E-state index is 0.131. The van der Waals surface area contributed by atoms with Gasteiger partial charge in [-0.3, -0.25) is 14.6 Å². The summed E-state index contributed by atoms with van der Waals surface area (Å²) in [5, 5.41) is 0. The zero-order valence-corrected chi connectivity index (χ0v) is 10.6. The van der Waals surface area contributed by atoms with E-state index in [4.69, 9.17) is 4.89 Å². The number of carbonyl (C=O) groups excluding carboxylic acids is 2. The Labute approximate surface area is 106 Å². The molecule has 18 heavy (non-hydrogen) atoms. The number of rotatable bonds is 3. The van der Waals surface area contributed by atoms with Crippen LogP contribution in [0.3, 0.4) is 0 Å². The van der Waals surface area contributed by atoms with E-state index < -0.39 is 5.97 Å². The van der Waals surface area contributed by atoms with E-state index in [9.17, 15) is 9.59 Å². The monoisotopic (exact) mass is 248 g/mol. The van der Waals surface area contributed by atoms with Crippen molar-refractivity contribution in [2.24, 2.45) is 0 Å². The highest BCUT2D eigenvalue weighted by molar-refractivity contribution is 5.99. The molecule has 4 nitrogen and oxygen atoms in total. The third-order valence-corrected chi connectivity index (χ3v) is 3.10. The Bertz CT molecular complexity index is 491. The van der Waals surface area contributed by atoms with Gasteiger partial charge in [-0.15, -0.1) is 0 Å². The van der Waals surface area contributed by atoms with Gasteiger partial charge in [0.15, 0.2) is 11.5 Å². The van der Waals surface area contributed by atoms with Crippen molar-refractivity contribution in [3.8, 4) is 5.75 Å². The fourth-order valence-corrected chi connectivity index (χ4v) is 2.23. The van der Waals surface area contributed by atoms with Gasteiger partial charge in [-0.25, -0.2) is 4.79 Å². The summed E-state index contributed by atoms with van der Waals surface area (Å²) in [6.45, 7) is 3.28. The number of carbonyl (C=O) groups is 2. The van der Waals surface area contributed by atoms with E-state index in [1.807, 2.05) is 19.1 Å². The normalized spacial score (nSPS) is 14.0.